The Morgan fingerprint density at radius 3 is 2.84 bits per heavy atom. The molecule has 0 aliphatic rings. The molecule has 1 aromatic carbocycles. The Morgan fingerprint density at radius 1 is 1.37 bits per heavy atom. The molecule has 0 aliphatic heterocycles. The van der Waals surface area contributed by atoms with Crippen molar-refractivity contribution in [1.29, 1.82) is 0 Å². The van der Waals surface area contributed by atoms with Gasteiger partial charge in [-0.3, -0.25) is 4.79 Å². The van der Waals surface area contributed by atoms with E-state index in [2.05, 4.69) is 5.32 Å². The van der Waals surface area contributed by atoms with Gasteiger partial charge < -0.3 is 14.8 Å². The summed E-state index contributed by atoms with van der Waals surface area (Å²) in [5, 5.41) is 12.6. The summed E-state index contributed by atoms with van der Waals surface area (Å²) >= 11 is 0. The minimum Gasteiger partial charge on any atom is -0.472 e. The van der Waals surface area contributed by atoms with Crippen LogP contribution in [0.3, 0.4) is 0 Å². The zero-order valence-electron chi connectivity index (χ0n) is 11.0. The van der Waals surface area contributed by atoms with Gasteiger partial charge >= 0.3 is 0 Å². The highest BCUT2D eigenvalue weighted by molar-refractivity contribution is 5.95. The number of hydrogen-bond donors (Lipinski definition) is 2. The van der Waals surface area contributed by atoms with Gasteiger partial charge in [0.25, 0.3) is 5.91 Å². The Hall–Kier alpha value is -2.07. The predicted molar refractivity (Wildman–Crippen MR) is 71.9 cm³/mol. The maximum Gasteiger partial charge on any atom is 0.251 e. The smallest absolute Gasteiger partial charge is 0.251 e. The van der Waals surface area contributed by atoms with Crippen LogP contribution in [0.25, 0.3) is 0 Å². The van der Waals surface area contributed by atoms with Gasteiger partial charge in [-0.05, 0) is 31.5 Å². The summed E-state index contributed by atoms with van der Waals surface area (Å²) in [5.74, 6) is -0.177. The molecule has 1 amide bonds. The molecule has 0 saturated heterocycles. The molecule has 0 fully saturated rings. The number of carbonyl (C=O) groups excluding carboxylic acids is 1. The molecule has 2 rings (SSSR count). The van der Waals surface area contributed by atoms with Crippen molar-refractivity contribution in [3.05, 3.63) is 59.0 Å². The third-order valence-electron chi connectivity index (χ3n) is 3.02. The molecule has 19 heavy (non-hydrogen) atoms. The van der Waals surface area contributed by atoms with Gasteiger partial charge in [-0.15, -0.1) is 0 Å². The highest BCUT2D eigenvalue weighted by Gasteiger charge is 2.13. The molecule has 100 valence electrons. The summed E-state index contributed by atoms with van der Waals surface area (Å²) in [5.41, 5.74) is 3.24. The van der Waals surface area contributed by atoms with Crippen LogP contribution < -0.4 is 5.32 Å². The van der Waals surface area contributed by atoms with Crippen LogP contribution in [-0.4, -0.2) is 17.6 Å². The molecule has 0 saturated carbocycles. The summed E-state index contributed by atoms with van der Waals surface area (Å²) < 4.78 is 4.89. The molecule has 0 aliphatic carbocycles. The first kappa shape index (κ1) is 13.4. The van der Waals surface area contributed by atoms with E-state index in [1.165, 1.54) is 12.5 Å². The fourth-order valence-electron chi connectivity index (χ4n) is 1.85. The lowest BCUT2D eigenvalue weighted by Gasteiger charge is -2.11. The SMILES string of the molecule is Cc1ccc(C)c(C(=O)NC[C@@H](O)c2ccoc2)c1. The van der Waals surface area contributed by atoms with Crippen molar-refractivity contribution in [2.75, 3.05) is 6.54 Å². The van der Waals surface area contributed by atoms with Crippen LogP contribution in [0.2, 0.25) is 0 Å². The first-order chi connectivity index (χ1) is 9.08. The highest BCUT2D eigenvalue weighted by atomic mass is 16.3. The quantitative estimate of drug-likeness (QED) is 0.886. The molecule has 4 heteroatoms. The first-order valence-corrected chi connectivity index (χ1v) is 6.13. The number of hydrogen-bond acceptors (Lipinski definition) is 3. The van der Waals surface area contributed by atoms with E-state index in [9.17, 15) is 9.90 Å². The predicted octanol–water partition coefficient (Wildman–Crippen LogP) is 2.36. The van der Waals surface area contributed by atoms with Gasteiger partial charge in [0, 0.05) is 17.7 Å². The summed E-state index contributed by atoms with van der Waals surface area (Å²) in [6, 6.07) is 7.40. The normalized spacial score (nSPS) is 12.2. The highest BCUT2D eigenvalue weighted by Crippen LogP contribution is 2.13. The van der Waals surface area contributed by atoms with Crippen molar-refractivity contribution in [1.82, 2.24) is 5.32 Å². The number of aryl methyl sites for hydroxylation is 2. The minimum atomic E-state index is -0.757. The third kappa shape index (κ3) is 3.23. The number of benzene rings is 1. The van der Waals surface area contributed by atoms with Gasteiger partial charge in [0.15, 0.2) is 0 Å². The maximum atomic E-state index is 12.0. The molecule has 0 unspecified atom stereocenters. The fourth-order valence-corrected chi connectivity index (χ4v) is 1.85. The van der Waals surface area contributed by atoms with Crippen molar-refractivity contribution in [2.24, 2.45) is 0 Å². The number of carbonyl (C=O) groups is 1. The Morgan fingerprint density at radius 2 is 2.16 bits per heavy atom. The fraction of sp³-hybridized carbons (Fsp3) is 0.267. The molecule has 1 heterocycles. The van der Waals surface area contributed by atoms with Crippen LogP contribution in [0.5, 0.6) is 0 Å². The number of rotatable bonds is 4. The number of nitrogens with one attached hydrogen (secondary N) is 1. The van der Waals surface area contributed by atoms with E-state index in [1.54, 1.807) is 6.07 Å². The van der Waals surface area contributed by atoms with Gasteiger partial charge in [0.2, 0.25) is 0 Å². The Labute approximate surface area is 112 Å². The molecular formula is C15H17NO3. The van der Waals surface area contributed by atoms with E-state index in [0.29, 0.717) is 11.1 Å². The zero-order valence-corrected chi connectivity index (χ0v) is 11.0. The lowest BCUT2D eigenvalue weighted by Crippen LogP contribution is -2.28. The standard InChI is InChI=1S/C15H17NO3/c1-10-3-4-11(2)13(7-10)15(18)16-8-14(17)12-5-6-19-9-12/h3-7,9,14,17H,8H2,1-2H3,(H,16,18)/t14-/m1/s1. The molecule has 4 nitrogen and oxygen atoms in total. The second-order valence-corrected chi connectivity index (χ2v) is 4.60. The second kappa shape index (κ2) is 5.71. The zero-order chi connectivity index (χ0) is 13.8. The van der Waals surface area contributed by atoms with Crippen molar-refractivity contribution in [2.45, 2.75) is 20.0 Å². The van der Waals surface area contributed by atoms with Crippen LogP contribution in [0.15, 0.2) is 41.2 Å². The average Bonchev–Trinajstić information content (AvgIpc) is 2.92. The minimum absolute atomic E-state index is 0.158. The molecule has 2 aromatic rings. The molecular weight excluding hydrogens is 242 g/mol. The number of aliphatic hydroxyl groups excluding tert-OH is 1. The van der Waals surface area contributed by atoms with Crippen molar-refractivity contribution < 1.29 is 14.3 Å². The number of aliphatic hydroxyl groups is 1. The lowest BCUT2D eigenvalue weighted by molar-refractivity contribution is 0.0915. The van der Waals surface area contributed by atoms with Crippen LogP contribution in [0.4, 0.5) is 0 Å². The van der Waals surface area contributed by atoms with Gasteiger partial charge in [-0.1, -0.05) is 17.7 Å². The van der Waals surface area contributed by atoms with Gasteiger partial charge in [-0.25, -0.2) is 0 Å². The largest absolute Gasteiger partial charge is 0.472 e. The molecule has 2 N–H and O–H groups in total. The third-order valence-corrected chi connectivity index (χ3v) is 3.02. The van der Waals surface area contributed by atoms with E-state index >= 15 is 0 Å². The van der Waals surface area contributed by atoms with Crippen LogP contribution in [-0.2, 0) is 0 Å². The number of furan rings is 1. The van der Waals surface area contributed by atoms with E-state index in [0.717, 1.165) is 11.1 Å². The summed E-state index contributed by atoms with van der Waals surface area (Å²) in [4.78, 5) is 12.0. The maximum absolute atomic E-state index is 12.0. The van der Waals surface area contributed by atoms with Crippen LogP contribution in [0, 0.1) is 13.8 Å². The second-order valence-electron chi connectivity index (χ2n) is 4.60. The van der Waals surface area contributed by atoms with E-state index in [1.807, 2.05) is 32.0 Å². The van der Waals surface area contributed by atoms with E-state index in [-0.39, 0.29) is 12.5 Å². The summed E-state index contributed by atoms with van der Waals surface area (Å²) in [7, 11) is 0. The van der Waals surface area contributed by atoms with Crippen LogP contribution in [0.1, 0.15) is 33.2 Å². The Balaban J connectivity index is 2.00. The van der Waals surface area contributed by atoms with Crippen molar-refractivity contribution >= 4 is 5.91 Å². The average molecular weight is 259 g/mol. The first-order valence-electron chi connectivity index (χ1n) is 6.13. The lowest BCUT2D eigenvalue weighted by atomic mass is 10.0. The summed E-state index contributed by atoms with van der Waals surface area (Å²) in [6.07, 6.45) is 2.20. The van der Waals surface area contributed by atoms with Crippen LogP contribution >= 0.6 is 0 Å². The summed E-state index contributed by atoms with van der Waals surface area (Å²) in [6.45, 7) is 3.99. The molecule has 0 radical (unpaired) electrons. The molecule has 1 aromatic heterocycles. The topological polar surface area (TPSA) is 62.5 Å². The Kier molecular flexibility index (Phi) is 4.02. The van der Waals surface area contributed by atoms with Crippen molar-refractivity contribution in [3.8, 4) is 0 Å². The van der Waals surface area contributed by atoms with Gasteiger partial charge in [-0.2, -0.15) is 0 Å². The van der Waals surface area contributed by atoms with Crippen molar-refractivity contribution in [3.63, 3.8) is 0 Å². The van der Waals surface area contributed by atoms with E-state index < -0.39 is 6.10 Å². The van der Waals surface area contributed by atoms with E-state index in [4.69, 9.17) is 4.42 Å². The van der Waals surface area contributed by atoms with Gasteiger partial charge in [0.05, 0.1) is 18.6 Å². The number of amides is 1. The monoisotopic (exact) mass is 259 g/mol. The Bertz CT molecular complexity index is 561. The molecule has 0 spiro atoms. The molecule has 1 atom stereocenters. The molecule has 0 bridgehead atoms. The van der Waals surface area contributed by atoms with Gasteiger partial charge in [0.1, 0.15) is 0 Å².